The maximum Gasteiger partial charge on any atom is 0.220 e. The van der Waals surface area contributed by atoms with Crippen LogP contribution in [-0.4, -0.2) is 31.4 Å². The Morgan fingerprint density at radius 1 is 1.05 bits per heavy atom. The van der Waals surface area contributed by atoms with Crippen molar-refractivity contribution in [3.8, 4) is 0 Å². The van der Waals surface area contributed by atoms with Crippen molar-refractivity contribution in [2.24, 2.45) is 23.7 Å². The van der Waals surface area contributed by atoms with Crippen LogP contribution in [0.4, 0.5) is 0 Å². The topological polar surface area (TPSA) is 63.2 Å². The van der Waals surface area contributed by atoms with Gasteiger partial charge in [0.15, 0.2) is 9.84 Å². The molecule has 5 rings (SSSR count). The molecule has 1 atom stereocenters. The van der Waals surface area contributed by atoms with Crippen molar-refractivity contribution < 1.29 is 13.2 Å². The summed E-state index contributed by atoms with van der Waals surface area (Å²) in [6, 6.07) is 0. The number of rotatable bonds is 3. The summed E-state index contributed by atoms with van der Waals surface area (Å²) in [4.78, 5) is 12.4. The van der Waals surface area contributed by atoms with Gasteiger partial charge in [0.2, 0.25) is 5.91 Å². The highest BCUT2D eigenvalue weighted by Gasteiger charge is 2.51. The van der Waals surface area contributed by atoms with E-state index in [0.29, 0.717) is 12.8 Å². The smallest absolute Gasteiger partial charge is 0.220 e. The van der Waals surface area contributed by atoms with Crippen molar-refractivity contribution in [2.75, 3.05) is 11.5 Å². The Bertz CT molecular complexity index is 519. The van der Waals surface area contributed by atoms with Gasteiger partial charge in [0.05, 0.1) is 11.5 Å². The van der Waals surface area contributed by atoms with Crippen LogP contribution in [-0.2, 0) is 14.6 Å². The summed E-state index contributed by atoms with van der Waals surface area (Å²) < 4.78 is 23.0. The van der Waals surface area contributed by atoms with Gasteiger partial charge in [0, 0.05) is 12.0 Å². The second kappa shape index (κ2) is 4.71. The molecule has 0 radical (unpaired) electrons. The standard InChI is InChI=1S/C16H25NO3S/c18-15(6-11-1-2-21(19,20)10-11)17-16-7-12-3-13(8-16)5-14(4-12)9-16/h11-14H,1-10H2,(H,17,18)/t11-,12?,13?,14?,16?/m1/s1. The molecule has 4 saturated carbocycles. The van der Waals surface area contributed by atoms with Crippen LogP contribution in [0.1, 0.15) is 51.4 Å². The Morgan fingerprint density at radius 2 is 1.62 bits per heavy atom. The highest BCUT2D eigenvalue weighted by molar-refractivity contribution is 7.91. The molecule has 5 aliphatic rings. The molecule has 0 spiro atoms. The van der Waals surface area contributed by atoms with E-state index in [4.69, 9.17) is 0 Å². The molecule has 0 aromatic carbocycles. The van der Waals surface area contributed by atoms with Crippen LogP contribution in [0.25, 0.3) is 0 Å². The number of carbonyl (C=O) groups excluding carboxylic acids is 1. The summed E-state index contributed by atoms with van der Waals surface area (Å²) >= 11 is 0. The predicted octanol–water partition coefficient (Wildman–Crippen LogP) is 1.90. The lowest BCUT2D eigenvalue weighted by atomic mass is 9.53. The molecule has 0 aromatic rings. The van der Waals surface area contributed by atoms with E-state index < -0.39 is 9.84 Å². The van der Waals surface area contributed by atoms with Gasteiger partial charge in [-0.3, -0.25) is 4.79 Å². The van der Waals surface area contributed by atoms with Gasteiger partial charge in [-0.15, -0.1) is 0 Å². The largest absolute Gasteiger partial charge is 0.351 e. The van der Waals surface area contributed by atoms with Crippen LogP contribution >= 0.6 is 0 Å². The van der Waals surface area contributed by atoms with E-state index in [0.717, 1.165) is 37.0 Å². The first-order valence-corrected chi connectivity index (χ1v) is 10.2. The first-order chi connectivity index (χ1) is 9.91. The van der Waals surface area contributed by atoms with E-state index in [-0.39, 0.29) is 28.9 Å². The number of hydrogen-bond acceptors (Lipinski definition) is 3. The molecule has 1 saturated heterocycles. The van der Waals surface area contributed by atoms with Crippen molar-refractivity contribution in [1.82, 2.24) is 5.32 Å². The van der Waals surface area contributed by atoms with E-state index in [1.807, 2.05) is 0 Å². The van der Waals surface area contributed by atoms with Gasteiger partial charge in [-0.1, -0.05) is 0 Å². The Kier molecular flexibility index (Phi) is 3.15. The van der Waals surface area contributed by atoms with Crippen LogP contribution in [0.15, 0.2) is 0 Å². The van der Waals surface area contributed by atoms with Gasteiger partial charge in [0.1, 0.15) is 0 Å². The Hall–Kier alpha value is -0.580. The lowest BCUT2D eigenvalue weighted by Gasteiger charge is -2.57. The van der Waals surface area contributed by atoms with Crippen molar-refractivity contribution in [3.63, 3.8) is 0 Å². The van der Waals surface area contributed by atoms with E-state index >= 15 is 0 Å². The molecule has 4 aliphatic carbocycles. The fourth-order valence-electron chi connectivity index (χ4n) is 5.91. The minimum atomic E-state index is -2.87. The van der Waals surface area contributed by atoms with E-state index in [9.17, 15) is 13.2 Å². The Morgan fingerprint density at radius 3 is 2.10 bits per heavy atom. The lowest BCUT2D eigenvalue weighted by molar-refractivity contribution is -0.127. The monoisotopic (exact) mass is 311 g/mol. The summed E-state index contributed by atoms with van der Waals surface area (Å²) in [6.45, 7) is 0. The third-order valence-electron chi connectivity index (χ3n) is 6.24. The van der Waals surface area contributed by atoms with Gasteiger partial charge < -0.3 is 5.32 Å². The number of nitrogens with one attached hydrogen (secondary N) is 1. The quantitative estimate of drug-likeness (QED) is 0.866. The van der Waals surface area contributed by atoms with Crippen molar-refractivity contribution in [2.45, 2.75) is 56.9 Å². The van der Waals surface area contributed by atoms with Crippen molar-refractivity contribution >= 4 is 15.7 Å². The Labute approximate surface area is 127 Å². The summed E-state index contributed by atoms with van der Waals surface area (Å²) in [5.41, 5.74) is 0.0588. The Balaban J connectivity index is 1.39. The number of carbonyl (C=O) groups is 1. The number of sulfone groups is 1. The molecule has 1 aliphatic heterocycles. The third kappa shape index (κ3) is 2.73. The highest BCUT2D eigenvalue weighted by Crippen LogP contribution is 2.55. The number of amides is 1. The first kappa shape index (κ1) is 14.0. The summed E-state index contributed by atoms with van der Waals surface area (Å²) in [5.74, 6) is 3.09. The van der Waals surface area contributed by atoms with Crippen LogP contribution in [0.3, 0.4) is 0 Å². The third-order valence-corrected chi connectivity index (χ3v) is 8.08. The van der Waals surface area contributed by atoms with Crippen LogP contribution in [0.5, 0.6) is 0 Å². The zero-order valence-corrected chi connectivity index (χ0v) is 13.3. The maximum absolute atomic E-state index is 12.4. The summed E-state index contributed by atoms with van der Waals surface area (Å²) in [7, 11) is -2.87. The zero-order valence-electron chi connectivity index (χ0n) is 12.5. The van der Waals surface area contributed by atoms with Crippen LogP contribution < -0.4 is 5.32 Å². The molecular formula is C16H25NO3S. The van der Waals surface area contributed by atoms with Gasteiger partial charge in [-0.05, 0) is 68.6 Å². The molecule has 4 nitrogen and oxygen atoms in total. The second-order valence-corrected chi connectivity index (χ2v) is 10.4. The second-order valence-electron chi connectivity index (χ2n) is 8.22. The molecular weight excluding hydrogens is 286 g/mol. The van der Waals surface area contributed by atoms with E-state index in [1.165, 1.54) is 19.3 Å². The molecule has 0 aromatic heterocycles. The minimum absolute atomic E-state index is 0.0453. The van der Waals surface area contributed by atoms with Crippen molar-refractivity contribution in [3.05, 3.63) is 0 Å². The molecule has 21 heavy (non-hydrogen) atoms. The molecule has 0 unspecified atom stereocenters. The lowest BCUT2D eigenvalue weighted by Crippen LogP contribution is -2.60. The molecule has 4 bridgehead atoms. The predicted molar refractivity (Wildman–Crippen MR) is 80.4 cm³/mol. The zero-order chi connectivity index (χ0) is 14.7. The van der Waals surface area contributed by atoms with Crippen LogP contribution in [0, 0.1) is 23.7 Å². The van der Waals surface area contributed by atoms with Gasteiger partial charge >= 0.3 is 0 Å². The van der Waals surface area contributed by atoms with Gasteiger partial charge in [-0.25, -0.2) is 8.42 Å². The fraction of sp³-hybridized carbons (Fsp3) is 0.938. The van der Waals surface area contributed by atoms with Gasteiger partial charge in [-0.2, -0.15) is 0 Å². The highest BCUT2D eigenvalue weighted by atomic mass is 32.2. The van der Waals surface area contributed by atoms with Crippen LogP contribution in [0.2, 0.25) is 0 Å². The van der Waals surface area contributed by atoms with Crippen molar-refractivity contribution in [1.29, 1.82) is 0 Å². The normalized spacial score (nSPS) is 46.7. The maximum atomic E-state index is 12.4. The van der Waals surface area contributed by atoms with E-state index in [1.54, 1.807) is 0 Å². The molecule has 1 N–H and O–H groups in total. The molecule has 5 heteroatoms. The summed E-state index contributed by atoms with van der Waals surface area (Å²) in [5, 5.41) is 3.35. The van der Waals surface area contributed by atoms with E-state index in [2.05, 4.69) is 5.32 Å². The molecule has 1 heterocycles. The average Bonchev–Trinajstić information content (AvgIpc) is 2.65. The average molecular weight is 311 g/mol. The molecule has 5 fully saturated rings. The molecule has 118 valence electrons. The number of hydrogen-bond donors (Lipinski definition) is 1. The van der Waals surface area contributed by atoms with Gasteiger partial charge in [0.25, 0.3) is 0 Å². The fourth-order valence-corrected chi connectivity index (χ4v) is 7.77. The SMILES string of the molecule is O=C(C[C@H]1CCS(=O)(=O)C1)NC12CC3CC(CC(C3)C1)C2. The summed E-state index contributed by atoms with van der Waals surface area (Å²) in [6.07, 6.45) is 8.66. The first-order valence-electron chi connectivity index (χ1n) is 8.43. The molecule has 1 amide bonds. The minimum Gasteiger partial charge on any atom is -0.351 e.